The van der Waals surface area contributed by atoms with Crippen LogP contribution in [0.5, 0.6) is 0 Å². The van der Waals surface area contributed by atoms with Gasteiger partial charge in [-0.1, -0.05) is 19.3 Å². The second kappa shape index (κ2) is 8.15. The number of ether oxygens (including phenoxy) is 1. The van der Waals surface area contributed by atoms with Crippen LogP contribution in [0.1, 0.15) is 39.0 Å². The molecule has 0 aliphatic heterocycles. The fourth-order valence-electron chi connectivity index (χ4n) is 2.69. The van der Waals surface area contributed by atoms with E-state index in [2.05, 4.69) is 4.74 Å². The van der Waals surface area contributed by atoms with E-state index in [9.17, 15) is 9.59 Å². The number of nitrogens with zero attached hydrogens (tertiary/aromatic N) is 2. The van der Waals surface area contributed by atoms with E-state index >= 15 is 0 Å². The van der Waals surface area contributed by atoms with Gasteiger partial charge in [0.05, 0.1) is 20.2 Å². The molecule has 5 heteroatoms. The Morgan fingerprint density at radius 3 is 2.32 bits per heavy atom. The van der Waals surface area contributed by atoms with Crippen LogP contribution in [-0.2, 0) is 14.3 Å². The van der Waals surface area contributed by atoms with Crippen LogP contribution in [0.2, 0.25) is 0 Å². The number of carbonyl (C=O) groups excluding carboxylic acids is 2. The van der Waals surface area contributed by atoms with Gasteiger partial charge in [0, 0.05) is 12.6 Å². The van der Waals surface area contributed by atoms with Crippen molar-refractivity contribution in [2.75, 3.05) is 33.8 Å². The topological polar surface area (TPSA) is 49.9 Å². The van der Waals surface area contributed by atoms with Crippen LogP contribution in [0, 0.1) is 0 Å². The SMILES string of the molecule is CCN(C(=O)CN(C)CC(=O)OC)C1CCCCC1. The number of carbonyl (C=O) groups is 2. The molecule has 1 amide bonds. The van der Waals surface area contributed by atoms with Crippen LogP contribution in [-0.4, -0.2) is 61.5 Å². The van der Waals surface area contributed by atoms with E-state index < -0.39 is 0 Å². The second-order valence-electron chi connectivity index (χ2n) is 5.22. The Hall–Kier alpha value is -1.10. The molecule has 19 heavy (non-hydrogen) atoms. The van der Waals surface area contributed by atoms with Gasteiger partial charge in [-0.25, -0.2) is 0 Å². The molecule has 0 aromatic carbocycles. The Kier molecular flexibility index (Phi) is 6.84. The number of hydrogen-bond donors (Lipinski definition) is 0. The standard InChI is InChI=1S/C14H26N2O3/c1-4-16(12-8-6-5-7-9-12)13(17)10-15(2)11-14(18)19-3/h12H,4-11H2,1-3H3. The summed E-state index contributed by atoms with van der Waals surface area (Å²) in [5, 5.41) is 0. The van der Waals surface area contributed by atoms with Gasteiger partial charge in [0.15, 0.2) is 0 Å². The summed E-state index contributed by atoms with van der Waals surface area (Å²) in [6.07, 6.45) is 5.93. The van der Waals surface area contributed by atoms with Gasteiger partial charge in [0.1, 0.15) is 0 Å². The summed E-state index contributed by atoms with van der Waals surface area (Å²) in [5.41, 5.74) is 0. The lowest BCUT2D eigenvalue weighted by Gasteiger charge is -2.34. The zero-order valence-corrected chi connectivity index (χ0v) is 12.4. The van der Waals surface area contributed by atoms with Crippen LogP contribution in [0.4, 0.5) is 0 Å². The van der Waals surface area contributed by atoms with Crippen molar-refractivity contribution >= 4 is 11.9 Å². The van der Waals surface area contributed by atoms with Crippen LogP contribution >= 0.6 is 0 Å². The predicted octanol–water partition coefficient (Wildman–Crippen LogP) is 1.27. The predicted molar refractivity (Wildman–Crippen MR) is 73.8 cm³/mol. The molecule has 1 rings (SSSR count). The maximum absolute atomic E-state index is 12.3. The first-order valence-corrected chi connectivity index (χ1v) is 7.13. The van der Waals surface area contributed by atoms with Crippen molar-refractivity contribution in [1.82, 2.24) is 9.80 Å². The van der Waals surface area contributed by atoms with Crippen molar-refractivity contribution in [2.45, 2.75) is 45.1 Å². The molecule has 1 aliphatic carbocycles. The van der Waals surface area contributed by atoms with Gasteiger partial charge in [-0.05, 0) is 26.8 Å². The van der Waals surface area contributed by atoms with E-state index in [1.54, 1.807) is 11.9 Å². The summed E-state index contributed by atoms with van der Waals surface area (Å²) in [4.78, 5) is 27.1. The van der Waals surface area contributed by atoms with E-state index in [1.165, 1.54) is 26.4 Å². The average Bonchev–Trinajstić information content (AvgIpc) is 2.40. The Morgan fingerprint density at radius 1 is 1.16 bits per heavy atom. The monoisotopic (exact) mass is 270 g/mol. The molecule has 110 valence electrons. The van der Waals surface area contributed by atoms with E-state index in [-0.39, 0.29) is 25.0 Å². The summed E-state index contributed by atoms with van der Waals surface area (Å²) in [5.74, 6) is -0.197. The lowest BCUT2D eigenvalue weighted by molar-refractivity contribution is -0.142. The molecule has 5 nitrogen and oxygen atoms in total. The van der Waals surface area contributed by atoms with Crippen LogP contribution in [0.25, 0.3) is 0 Å². The molecule has 0 aromatic rings. The second-order valence-corrected chi connectivity index (χ2v) is 5.22. The van der Waals surface area contributed by atoms with Gasteiger partial charge in [-0.3, -0.25) is 14.5 Å². The van der Waals surface area contributed by atoms with Crippen LogP contribution in [0.15, 0.2) is 0 Å². The van der Waals surface area contributed by atoms with Crippen molar-refractivity contribution in [1.29, 1.82) is 0 Å². The minimum Gasteiger partial charge on any atom is -0.468 e. The quantitative estimate of drug-likeness (QED) is 0.682. The molecule has 0 spiro atoms. The maximum Gasteiger partial charge on any atom is 0.319 e. The third kappa shape index (κ3) is 5.19. The number of hydrogen-bond acceptors (Lipinski definition) is 4. The van der Waals surface area contributed by atoms with Crippen molar-refractivity contribution in [3.05, 3.63) is 0 Å². The van der Waals surface area contributed by atoms with Crippen molar-refractivity contribution in [3.63, 3.8) is 0 Å². The summed E-state index contributed by atoms with van der Waals surface area (Å²) in [6.45, 7) is 3.20. The Labute approximate surface area is 115 Å². The first-order valence-electron chi connectivity index (χ1n) is 7.13. The van der Waals surface area contributed by atoms with Crippen LogP contribution < -0.4 is 0 Å². The fraction of sp³-hybridized carbons (Fsp3) is 0.857. The van der Waals surface area contributed by atoms with Crippen molar-refractivity contribution in [3.8, 4) is 0 Å². The highest BCUT2D eigenvalue weighted by atomic mass is 16.5. The first-order chi connectivity index (χ1) is 9.08. The Bertz CT molecular complexity index is 301. The number of methoxy groups -OCH3 is 1. The molecule has 0 aromatic heterocycles. The Balaban J connectivity index is 2.46. The van der Waals surface area contributed by atoms with Crippen molar-refractivity contribution in [2.24, 2.45) is 0 Å². The van der Waals surface area contributed by atoms with Gasteiger partial charge in [-0.15, -0.1) is 0 Å². The average molecular weight is 270 g/mol. The van der Waals surface area contributed by atoms with Gasteiger partial charge < -0.3 is 9.64 Å². The van der Waals surface area contributed by atoms with Crippen LogP contribution in [0.3, 0.4) is 0 Å². The molecule has 0 N–H and O–H groups in total. The molecule has 0 atom stereocenters. The highest BCUT2D eigenvalue weighted by Crippen LogP contribution is 2.22. The molecule has 1 fully saturated rings. The minimum atomic E-state index is -0.309. The number of amides is 1. The summed E-state index contributed by atoms with van der Waals surface area (Å²) in [7, 11) is 3.13. The molecule has 1 saturated carbocycles. The van der Waals surface area contributed by atoms with E-state index in [0.717, 1.165) is 19.4 Å². The lowest BCUT2D eigenvalue weighted by atomic mass is 9.94. The van der Waals surface area contributed by atoms with E-state index in [0.29, 0.717) is 6.04 Å². The zero-order valence-electron chi connectivity index (χ0n) is 12.4. The van der Waals surface area contributed by atoms with Gasteiger partial charge >= 0.3 is 5.97 Å². The summed E-state index contributed by atoms with van der Waals surface area (Å²) >= 11 is 0. The third-order valence-corrected chi connectivity index (χ3v) is 3.71. The van der Waals surface area contributed by atoms with Gasteiger partial charge in [0.2, 0.25) is 5.91 Å². The minimum absolute atomic E-state index is 0.112. The largest absolute Gasteiger partial charge is 0.468 e. The molecular weight excluding hydrogens is 244 g/mol. The fourth-order valence-corrected chi connectivity index (χ4v) is 2.69. The number of esters is 1. The normalized spacial score (nSPS) is 16.4. The van der Waals surface area contributed by atoms with Gasteiger partial charge in [0.25, 0.3) is 0 Å². The third-order valence-electron chi connectivity index (χ3n) is 3.71. The highest BCUT2D eigenvalue weighted by molar-refractivity contribution is 5.79. The molecule has 0 heterocycles. The maximum atomic E-state index is 12.3. The molecular formula is C14H26N2O3. The summed E-state index contributed by atoms with van der Waals surface area (Å²) in [6, 6.07) is 0.387. The molecule has 0 bridgehead atoms. The highest BCUT2D eigenvalue weighted by Gasteiger charge is 2.24. The van der Waals surface area contributed by atoms with Gasteiger partial charge in [-0.2, -0.15) is 0 Å². The van der Waals surface area contributed by atoms with E-state index in [4.69, 9.17) is 0 Å². The Morgan fingerprint density at radius 2 is 1.79 bits per heavy atom. The molecule has 1 aliphatic rings. The number of likely N-dealkylation sites (N-methyl/N-ethyl adjacent to an activating group) is 2. The lowest BCUT2D eigenvalue weighted by Crippen LogP contribution is -2.46. The molecule has 0 radical (unpaired) electrons. The summed E-state index contributed by atoms with van der Waals surface area (Å²) < 4.78 is 4.60. The molecule has 0 unspecified atom stereocenters. The first kappa shape index (κ1) is 16.0. The van der Waals surface area contributed by atoms with Crippen molar-refractivity contribution < 1.29 is 14.3 Å². The van der Waals surface area contributed by atoms with E-state index in [1.807, 2.05) is 11.8 Å². The zero-order chi connectivity index (χ0) is 14.3. The smallest absolute Gasteiger partial charge is 0.319 e. The molecule has 0 saturated heterocycles. The number of rotatable bonds is 6.